The van der Waals surface area contributed by atoms with Crippen LogP contribution in [0.25, 0.3) is 0 Å². The maximum Gasteiger partial charge on any atom is 0.315 e. The van der Waals surface area contributed by atoms with Crippen LogP contribution in [-0.2, 0) is 4.79 Å². The van der Waals surface area contributed by atoms with Gasteiger partial charge in [0.05, 0.1) is 5.92 Å². The number of hydrogen-bond acceptors (Lipinski definition) is 2. The van der Waals surface area contributed by atoms with E-state index in [9.17, 15) is 9.59 Å². The van der Waals surface area contributed by atoms with E-state index in [2.05, 4.69) is 38.3 Å². The van der Waals surface area contributed by atoms with Crippen molar-refractivity contribution < 1.29 is 14.7 Å². The fourth-order valence-electron chi connectivity index (χ4n) is 1.15. The third-order valence-corrected chi connectivity index (χ3v) is 3.55. The second kappa shape index (κ2) is 6.61. The summed E-state index contributed by atoms with van der Waals surface area (Å²) in [5.41, 5.74) is 0.132. The van der Waals surface area contributed by atoms with Crippen LogP contribution in [0, 0.1) is 17.3 Å². The molecule has 0 aromatic rings. The van der Waals surface area contributed by atoms with Crippen LogP contribution in [0.15, 0.2) is 0 Å². The Labute approximate surface area is 109 Å². The van der Waals surface area contributed by atoms with Gasteiger partial charge in [-0.15, -0.1) is 0 Å². The standard InChI is InChI=1S/C13H26N2O3/c1-8(13(4,5)6)7-14-12(18)15-10(3)9(2)11(16)17/h8-10H,7H2,1-6H3,(H,16,17)(H2,14,15,18). The van der Waals surface area contributed by atoms with E-state index in [0.717, 1.165) is 0 Å². The molecular weight excluding hydrogens is 232 g/mol. The highest BCUT2D eigenvalue weighted by Crippen LogP contribution is 2.24. The molecule has 0 aliphatic heterocycles. The number of carboxylic acids is 1. The van der Waals surface area contributed by atoms with E-state index in [1.54, 1.807) is 13.8 Å². The lowest BCUT2D eigenvalue weighted by Crippen LogP contribution is -2.47. The molecule has 0 aliphatic rings. The number of urea groups is 1. The molecule has 3 atom stereocenters. The zero-order valence-electron chi connectivity index (χ0n) is 12.2. The fraction of sp³-hybridized carbons (Fsp3) is 0.846. The normalized spacial score (nSPS) is 16.6. The summed E-state index contributed by atoms with van der Waals surface area (Å²) >= 11 is 0. The van der Waals surface area contributed by atoms with Crippen molar-refractivity contribution >= 4 is 12.0 Å². The molecule has 0 rings (SSSR count). The summed E-state index contributed by atoms with van der Waals surface area (Å²) in [6.07, 6.45) is 0. The van der Waals surface area contributed by atoms with Gasteiger partial charge in [-0.1, -0.05) is 27.7 Å². The van der Waals surface area contributed by atoms with Crippen molar-refractivity contribution in [3.8, 4) is 0 Å². The van der Waals surface area contributed by atoms with Gasteiger partial charge >= 0.3 is 12.0 Å². The number of hydrogen-bond donors (Lipinski definition) is 3. The lowest BCUT2D eigenvalue weighted by Gasteiger charge is -2.27. The van der Waals surface area contributed by atoms with Crippen LogP contribution in [0.5, 0.6) is 0 Å². The van der Waals surface area contributed by atoms with Gasteiger partial charge in [-0.2, -0.15) is 0 Å². The fourth-order valence-corrected chi connectivity index (χ4v) is 1.15. The van der Waals surface area contributed by atoms with Gasteiger partial charge in [0.25, 0.3) is 0 Å². The van der Waals surface area contributed by atoms with Crippen molar-refractivity contribution in [3.63, 3.8) is 0 Å². The van der Waals surface area contributed by atoms with Crippen LogP contribution in [0.3, 0.4) is 0 Å². The van der Waals surface area contributed by atoms with Crippen LogP contribution in [0.1, 0.15) is 41.5 Å². The molecule has 0 aliphatic carbocycles. The first kappa shape index (κ1) is 16.7. The highest BCUT2D eigenvalue weighted by Gasteiger charge is 2.23. The highest BCUT2D eigenvalue weighted by atomic mass is 16.4. The summed E-state index contributed by atoms with van der Waals surface area (Å²) < 4.78 is 0. The second-order valence-corrected chi connectivity index (χ2v) is 6.04. The average Bonchev–Trinajstić information content (AvgIpc) is 2.22. The van der Waals surface area contributed by atoms with Gasteiger partial charge in [0.1, 0.15) is 0 Å². The van der Waals surface area contributed by atoms with Crippen molar-refractivity contribution in [1.82, 2.24) is 10.6 Å². The molecule has 5 nitrogen and oxygen atoms in total. The van der Waals surface area contributed by atoms with Crippen LogP contribution in [-0.4, -0.2) is 29.7 Å². The van der Waals surface area contributed by atoms with Gasteiger partial charge in [0.15, 0.2) is 0 Å². The predicted molar refractivity (Wildman–Crippen MR) is 71.4 cm³/mol. The molecule has 5 heteroatoms. The smallest absolute Gasteiger partial charge is 0.315 e. The van der Waals surface area contributed by atoms with E-state index in [-0.39, 0.29) is 11.4 Å². The number of nitrogens with one attached hydrogen (secondary N) is 2. The molecule has 0 aromatic carbocycles. The lowest BCUT2D eigenvalue weighted by atomic mass is 9.82. The van der Waals surface area contributed by atoms with Gasteiger partial charge in [0, 0.05) is 12.6 Å². The first-order chi connectivity index (χ1) is 8.05. The van der Waals surface area contributed by atoms with Gasteiger partial charge in [-0.3, -0.25) is 4.79 Å². The molecule has 0 spiro atoms. The minimum Gasteiger partial charge on any atom is -0.481 e. The number of aliphatic carboxylic acids is 1. The summed E-state index contributed by atoms with van der Waals surface area (Å²) in [4.78, 5) is 22.3. The molecule has 106 valence electrons. The molecule has 3 N–H and O–H groups in total. The van der Waals surface area contributed by atoms with E-state index < -0.39 is 17.9 Å². The SMILES string of the molecule is CC(NC(=O)NCC(C)C(C)(C)C)C(C)C(=O)O. The van der Waals surface area contributed by atoms with Gasteiger partial charge in [-0.25, -0.2) is 4.79 Å². The maximum absolute atomic E-state index is 11.6. The number of carbonyl (C=O) groups excluding carboxylic acids is 1. The molecule has 2 amide bonds. The molecule has 0 saturated heterocycles. The van der Waals surface area contributed by atoms with Gasteiger partial charge < -0.3 is 15.7 Å². The number of amides is 2. The molecule has 0 heterocycles. The van der Waals surface area contributed by atoms with Crippen LogP contribution >= 0.6 is 0 Å². The van der Waals surface area contributed by atoms with Crippen molar-refractivity contribution in [2.24, 2.45) is 17.3 Å². The summed E-state index contributed by atoms with van der Waals surface area (Å²) in [7, 11) is 0. The molecule has 0 saturated carbocycles. The third kappa shape index (κ3) is 5.89. The van der Waals surface area contributed by atoms with Crippen molar-refractivity contribution in [2.75, 3.05) is 6.54 Å². The second-order valence-electron chi connectivity index (χ2n) is 6.04. The molecule has 0 aromatic heterocycles. The van der Waals surface area contributed by atoms with Gasteiger partial charge in [0.2, 0.25) is 0 Å². The summed E-state index contributed by atoms with van der Waals surface area (Å²) in [5, 5.41) is 14.2. The monoisotopic (exact) mass is 258 g/mol. The molecule has 0 fully saturated rings. The average molecular weight is 258 g/mol. The van der Waals surface area contributed by atoms with E-state index in [0.29, 0.717) is 12.5 Å². The zero-order valence-corrected chi connectivity index (χ0v) is 12.2. The Morgan fingerprint density at radius 3 is 2.06 bits per heavy atom. The van der Waals surface area contributed by atoms with Crippen LogP contribution in [0.2, 0.25) is 0 Å². The number of carbonyl (C=O) groups is 2. The van der Waals surface area contributed by atoms with E-state index >= 15 is 0 Å². The first-order valence-corrected chi connectivity index (χ1v) is 6.33. The number of rotatable bonds is 5. The van der Waals surface area contributed by atoms with E-state index in [1.165, 1.54) is 0 Å². The Balaban J connectivity index is 4.10. The summed E-state index contributed by atoms with van der Waals surface area (Å²) in [5.74, 6) is -1.17. The summed E-state index contributed by atoms with van der Waals surface area (Å²) in [6, 6.07) is -0.709. The lowest BCUT2D eigenvalue weighted by molar-refractivity contribution is -0.141. The third-order valence-electron chi connectivity index (χ3n) is 3.55. The molecular formula is C13H26N2O3. The quantitative estimate of drug-likeness (QED) is 0.706. The van der Waals surface area contributed by atoms with E-state index in [1.807, 2.05) is 0 Å². The topological polar surface area (TPSA) is 78.4 Å². The Morgan fingerprint density at radius 1 is 1.17 bits per heavy atom. The largest absolute Gasteiger partial charge is 0.481 e. The molecule has 3 unspecified atom stereocenters. The first-order valence-electron chi connectivity index (χ1n) is 6.33. The van der Waals surface area contributed by atoms with Crippen molar-refractivity contribution in [3.05, 3.63) is 0 Å². The highest BCUT2D eigenvalue weighted by molar-refractivity contribution is 5.76. The van der Waals surface area contributed by atoms with Crippen LogP contribution in [0.4, 0.5) is 4.79 Å². The van der Waals surface area contributed by atoms with Crippen molar-refractivity contribution in [2.45, 2.75) is 47.6 Å². The van der Waals surface area contributed by atoms with E-state index in [4.69, 9.17) is 5.11 Å². The Hall–Kier alpha value is -1.26. The Bertz CT molecular complexity index is 297. The predicted octanol–water partition coefficient (Wildman–Crippen LogP) is 2.08. The number of carboxylic acid groups (broad SMARTS) is 1. The minimum absolute atomic E-state index is 0.132. The molecule has 0 bridgehead atoms. The Kier molecular flexibility index (Phi) is 6.15. The Morgan fingerprint density at radius 2 is 1.67 bits per heavy atom. The minimum atomic E-state index is -0.911. The zero-order chi connectivity index (χ0) is 14.5. The summed E-state index contributed by atoms with van der Waals surface area (Å²) in [6.45, 7) is 12.3. The molecule has 18 heavy (non-hydrogen) atoms. The molecule has 0 radical (unpaired) electrons. The maximum atomic E-state index is 11.6. The van der Waals surface area contributed by atoms with Crippen LogP contribution < -0.4 is 10.6 Å². The van der Waals surface area contributed by atoms with Gasteiger partial charge in [-0.05, 0) is 25.2 Å². The van der Waals surface area contributed by atoms with Crippen molar-refractivity contribution in [1.29, 1.82) is 0 Å².